The number of ketones is 1. The van der Waals surface area contributed by atoms with Gasteiger partial charge in [-0.25, -0.2) is 0 Å². The van der Waals surface area contributed by atoms with E-state index in [1.165, 1.54) is 5.56 Å². The van der Waals surface area contributed by atoms with Crippen molar-refractivity contribution in [1.82, 2.24) is 0 Å². The molecule has 4 aromatic rings. The van der Waals surface area contributed by atoms with Crippen LogP contribution >= 0.6 is 11.6 Å². The highest BCUT2D eigenvalue weighted by Gasteiger charge is 2.70. The van der Waals surface area contributed by atoms with E-state index in [9.17, 15) is 9.59 Å². The monoisotopic (exact) mass is 539 g/mol. The molecular formula is C33H32ClN2O3+. The zero-order valence-electron chi connectivity index (χ0n) is 22.4. The van der Waals surface area contributed by atoms with Crippen LogP contribution < -0.4 is 9.80 Å². The number of likely N-dealkylation sites (tertiary alicyclic amines) is 1. The third kappa shape index (κ3) is 3.95. The molecule has 6 rings (SSSR count). The number of hydrogen-bond donors (Lipinski definition) is 1. The van der Waals surface area contributed by atoms with Gasteiger partial charge in [0.25, 0.3) is 5.91 Å². The molecule has 39 heavy (non-hydrogen) atoms. The van der Waals surface area contributed by atoms with Crippen LogP contribution in [0.4, 0.5) is 5.69 Å². The minimum absolute atomic E-state index is 0.0358. The van der Waals surface area contributed by atoms with Gasteiger partial charge in [0, 0.05) is 16.1 Å². The van der Waals surface area contributed by atoms with Crippen molar-refractivity contribution in [3.8, 4) is 0 Å². The quantitative estimate of drug-likeness (QED) is 0.324. The van der Waals surface area contributed by atoms with Gasteiger partial charge in [-0.05, 0) is 41.3 Å². The maximum Gasteiger partial charge on any atom is 0.294 e. The van der Waals surface area contributed by atoms with Crippen molar-refractivity contribution in [3.63, 3.8) is 0 Å². The number of halogens is 1. The lowest BCUT2D eigenvalue weighted by Gasteiger charge is -2.32. The van der Waals surface area contributed by atoms with Crippen LogP contribution in [0.15, 0.2) is 95.6 Å². The van der Waals surface area contributed by atoms with E-state index in [0.717, 1.165) is 27.5 Å². The fourth-order valence-electron chi connectivity index (χ4n) is 6.68. The summed E-state index contributed by atoms with van der Waals surface area (Å²) in [5.41, 5.74) is 3.27. The third-order valence-corrected chi connectivity index (χ3v) is 8.98. The Labute approximate surface area is 234 Å². The van der Waals surface area contributed by atoms with Gasteiger partial charge in [0.05, 0.1) is 38.0 Å². The molecule has 0 aliphatic carbocycles. The van der Waals surface area contributed by atoms with Crippen LogP contribution in [0.1, 0.15) is 58.5 Å². The lowest BCUT2D eigenvalue weighted by Crippen LogP contribution is -3.16. The van der Waals surface area contributed by atoms with Gasteiger partial charge in [0.2, 0.25) is 5.54 Å². The molecule has 1 spiro atoms. The molecule has 4 unspecified atom stereocenters. The molecule has 5 nitrogen and oxygen atoms in total. The van der Waals surface area contributed by atoms with Crippen molar-refractivity contribution >= 4 is 29.0 Å². The van der Waals surface area contributed by atoms with E-state index in [-0.39, 0.29) is 17.6 Å². The molecule has 3 heterocycles. The summed E-state index contributed by atoms with van der Waals surface area (Å²) in [5.74, 6) is 0.0879. The zero-order valence-corrected chi connectivity index (χ0v) is 23.1. The Morgan fingerprint density at radius 2 is 1.74 bits per heavy atom. The van der Waals surface area contributed by atoms with E-state index < -0.39 is 11.5 Å². The lowest BCUT2D eigenvalue weighted by molar-refractivity contribution is -0.918. The van der Waals surface area contributed by atoms with Crippen LogP contribution in [0.5, 0.6) is 0 Å². The number of quaternary nitrogens is 1. The number of benzene rings is 3. The Balaban J connectivity index is 1.51. The first-order chi connectivity index (χ1) is 18.8. The van der Waals surface area contributed by atoms with Crippen LogP contribution in [0.3, 0.4) is 0 Å². The fourth-order valence-corrected chi connectivity index (χ4v) is 6.88. The van der Waals surface area contributed by atoms with Gasteiger partial charge in [0.15, 0.2) is 5.78 Å². The van der Waals surface area contributed by atoms with E-state index in [2.05, 4.69) is 13.8 Å². The van der Waals surface area contributed by atoms with Crippen LogP contribution in [0.2, 0.25) is 5.02 Å². The first-order valence-electron chi connectivity index (χ1n) is 13.5. The first kappa shape index (κ1) is 25.6. The van der Waals surface area contributed by atoms with Crippen LogP contribution in [0, 0.1) is 5.92 Å². The highest BCUT2D eigenvalue weighted by Crippen LogP contribution is 2.51. The summed E-state index contributed by atoms with van der Waals surface area (Å²) >= 11 is 6.53. The van der Waals surface area contributed by atoms with Crippen molar-refractivity contribution in [2.24, 2.45) is 5.92 Å². The number of anilines is 1. The Morgan fingerprint density at radius 3 is 2.44 bits per heavy atom. The van der Waals surface area contributed by atoms with Crippen molar-refractivity contribution in [2.45, 2.75) is 37.8 Å². The van der Waals surface area contributed by atoms with E-state index in [1.54, 1.807) is 6.26 Å². The molecule has 4 atom stereocenters. The van der Waals surface area contributed by atoms with Gasteiger partial charge in [0.1, 0.15) is 11.7 Å². The fraction of sp³-hybridized carbons (Fsp3) is 0.273. The minimum Gasteiger partial charge on any atom is -0.469 e. The second-order valence-corrected chi connectivity index (χ2v) is 11.4. The van der Waals surface area contributed by atoms with Crippen molar-refractivity contribution in [2.75, 3.05) is 18.5 Å². The summed E-state index contributed by atoms with van der Waals surface area (Å²) in [6.07, 6.45) is 1.64. The number of amides is 1. The summed E-state index contributed by atoms with van der Waals surface area (Å²) in [6, 6.07) is 27.1. The number of furan rings is 1. The SMILES string of the molecule is CC(C)c1ccc(C(=O)C2C(c3ccco3)C[NH+](C)C23C(=O)N(Cc2ccccc2Cl)c2ccccc23)cc1. The number of fused-ring (bicyclic) bond motifs is 2. The molecular weight excluding hydrogens is 508 g/mol. The van der Waals surface area contributed by atoms with Crippen molar-refractivity contribution < 1.29 is 18.9 Å². The van der Waals surface area contributed by atoms with Gasteiger partial charge < -0.3 is 14.2 Å². The van der Waals surface area contributed by atoms with Crippen LogP contribution in [-0.2, 0) is 16.9 Å². The topological polar surface area (TPSA) is 55.0 Å². The number of nitrogens with zero attached hydrogens (tertiary/aromatic N) is 1. The Kier molecular flexibility index (Phi) is 6.44. The maximum absolute atomic E-state index is 14.8. The normalized spacial score (nSPS) is 24.1. The maximum atomic E-state index is 14.8. The minimum atomic E-state index is -1.09. The van der Waals surface area contributed by atoms with Crippen molar-refractivity contribution in [3.05, 3.63) is 124 Å². The summed E-state index contributed by atoms with van der Waals surface area (Å²) in [6.45, 7) is 5.19. The third-order valence-electron chi connectivity index (χ3n) is 8.61. The number of Topliss-reactive ketones (excluding diaryl/α,β-unsaturated/α-hetero) is 1. The second kappa shape index (κ2) is 9.82. The van der Waals surface area contributed by atoms with Gasteiger partial charge in [-0.2, -0.15) is 0 Å². The Morgan fingerprint density at radius 1 is 1.03 bits per heavy atom. The Hall–Kier alpha value is -3.67. The first-order valence-corrected chi connectivity index (χ1v) is 13.9. The van der Waals surface area contributed by atoms with E-state index in [0.29, 0.717) is 29.6 Å². The molecule has 1 fully saturated rings. The number of para-hydroxylation sites is 1. The van der Waals surface area contributed by atoms with Gasteiger partial charge in [-0.15, -0.1) is 0 Å². The lowest BCUT2D eigenvalue weighted by atomic mass is 9.71. The number of hydrogen-bond acceptors (Lipinski definition) is 3. The molecule has 198 valence electrons. The molecule has 6 heteroatoms. The van der Waals surface area contributed by atoms with Gasteiger partial charge in [-0.3, -0.25) is 9.59 Å². The molecule has 1 amide bonds. The Bertz CT molecular complexity index is 1530. The zero-order chi connectivity index (χ0) is 27.3. The molecule has 3 aromatic carbocycles. The second-order valence-electron chi connectivity index (χ2n) is 11.0. The smallest absolute Gasteiger partial charge is 0.294 e. The molecule has 0 radical (unpaired) electrons. The largest absolute Gasteiger partial charge is 0.469 e. The average molecular weight is 540 g/mol. The molecule has 1 saturated heterocycles. The number of carbonyl (C=O) groups excluding carboxylic acids is 2. The van der Waals surface area contributed by atoms with Gasteiger partial charge in [-0.1, -0.05) is 86.1 Å². The number of carbonyl (C=O) groups is 2. The molecule has 2 aliphatic heterocycles. The molecule has 0 saturated carbocycles. The molecule has 1 aromatic heterocycles. The molecule has 1 N–H and O–H groups in total. The summed E-state index contributed by atoms with van der Waals surface area (Å²) < 4.78 is 5.89. The van der Waals surface area contributed by atoms with Crippen molar-refractivity contribution in [1.29, 1.82) is 0 Å². The molecule has 2 aliphatic rings. The highest BCUT2D eigenvalue weighted by atomic mass is 35.5. The standard InChI is InChI=1S/C33H31ClN2O3/c1-21(2)22-14-16-23(17-15-22)31(37)30-25(29-13-8-18-39-29)20-35(3)33(30)26-10-5-7-12-28(26)36(32(33)38)19-24-9-4-6-11-27(24)34/h4-18,21,25,30H,19-20H2,1-3H3/p+1. The van der Waals surface area contributed by atoms with E-state index in [4.69, 9.17) is 16.0 Å². The predicted octanol–water partition coefficient (Wildman–Crippen LogP) is 5.61. The summed E-state index contributed by atoms with van der Waals surface area (Å²) in [4.78, 5) is 32.2. The number of rotatable bonds is 6. The van der Waals surface area contributed by atoms with E-state index in [1.807, 2.05) is 96.9 Å². The summed E-state index contributed by atoms with van der Waals surface area (Å²) in [5, 5.41) is 0.613. The van der Waals surface area contributed by atoms with Crippen LogP contribution in [0.25, 0.3) is 0 Å². The summed E-state index contributed by atoms with van der Waals surface area (Å²) in [7, 11) is 2.03. The number of nitrogens with one attached hydrogen (secondary N) is 1. The van der Waals surface area contributed by atoms with Crippen LogP contribution in [-0.4, -0.2) is 25.3 Å². The predicted molar refractivity (Wildman–Crippen MR) is 152 cm³/mol. The van der Waals surface area contributed by atoms with E-state index >= 15 is 0 Å². The average Bonchev–Trinajstić information content (AvgIpc) is 3.64. The van der Waals surface area contributed by atoms with Gasteiger partial charge >= 0.3 is 0 Å². The highest BCUT2D eigenvalue weighted by molar-refractivity contribution is 6.31. The molecule has 0 bridgehead atoms. The number of likely N-dealkylation sites (N-methyl/N-ethyl adjacent to an activating group) is 1.